The number of Topliss-reactive ketones (excluding diaryl/α,β-unsaturated/α-hetero) is 2. The molecule has 0 atom stereocenters. The molecule has 1 aromatic rings. The van der Waals surface area contributed by atoms with E-state index in [4.69, 9.17) is 0 Å². The van der Waals surface area contributed by atoms with Crippen LogP contribution in [0.5, 0.6) is 0 Å². The summed E-state index contributed by atoms with van der Waals surface area (Å²) in [5, 5.41) is 4.40. The van der Waals surface area contributed by atoms with Gasteiger partial charge in [-0.1, -0.05) is 53.9 Å². The van der Waals surface area contributed by atoms with Crippen LogP contribution in [0.25, 0.3) is 5.70 Å². The van der Waals surface area contributed by atoms with Gasteiger partial charge in [0.05, 0.1) is 23.2 Å². The van der Waals surface area contributed by atoms with E-state index < -0.39 is 5.41 Å². The minimum absolute atomic E-state index is 0.0194. The van der Waals surface area contributed by atoms with Crippen molar-refractivity contribution in [2.75, 3.05) is 0 Å². The second-order valence-electron chi connectivity index (χ2n) is 8.56. The Hall–Kier alpha value is -2.49. The Balaban J connectivity index is 2.47. The Morgan fingerprint density at radius 2 is 1.85 bits per heavy atom. The lowest BCUT2D eigenvalue weighted by molar-refractivity contribution is -0.122. The van der Waals surface area contributed by atoms with Crippen molar-refractivity contribution in [3.8, 4) is 0 Å². The number of carbonyl (C=O) groups excluding carboxylic acids is 2. The van der Waals surface area contributed by atoms with E-state index in [1.807, 2.05) is 20.8 Å². The Bertz CT molecular complexity index is 827. The minimum atomic E-state index is -0.483. The molecule has 0 spiro atoms. The predicted molar refractivity (Wildman–Crippen MR) is 106 cm³/mol. The first kappa shape index (κ1) is 19.8. The number of hydrogen-bond donors (Lipinski definition) is 0. The Morgan fingerprint density at radius 1 is 1.19 bits per heavy atom. The molecule has 26 heavy (non-hydrogen) atoms. The molecule has 0 fully saturated rings. The van der Waals surface area contributed by atoms with Crippen LogP contribution < -0.4 is 0 Å². The van der Waals surface area contributed by atoms with E-state index in [0.717, 1.165) is 17.8 Å². The number of carbonyl (C=O) groups is 2. The van der Waals surface area contributed by atoms with Crippen molar-refractivity contribution in [2.24, 2.45) is 10.8 Å². The summed E-state index contributed by atoms with van der Waals surface area (Å²) in [6.45, 7) is 17.4. The van der Waals surface area contributed by atoms with E-state index in [-0.39, 0.29) is 17.0 Å². The molecule has 0 bridgehead atoms. The molecule has 0 saturated carbocycles. The van der Waals surface area contributed by atoms with E-state index in [1.165, 1.54) is 0 Å². The maximum atomic E-state index is 12.5. The molecule has 0 saturated heterocycles. The molecule has 1 aliphatic rings. The second kappa shape index (κ2) is 7.02. The maximum absolute atomic E-state index is 12.5. The van der Waals surface area contributed by atoms with Crippen LogP contribution in [-0.2, 0) is 11.2 Å². The summed E-state index contributed by atoms with van der Waals surface area (Å²) in [6, 6.07) is 0. The van der Waals surface area contributed by atoms with Crippen molar-refractivity contribution in [1.82, 2.24) is 9.78 Å². The van der Waals surface area contributed by atoms with Gasteiger partial charge in [0.15, 0.2) is 11.6 Å². The van der Waals surface area contributed by atoms with Gasteiger partial charge in [0.1, 0.15) is 0 Å². The van der Waals surface area contributed by atoms with Gasteiger partial charge in [0, 0.05) is 17.4 Å². The Labute approximate surface area is 156 Å². The quantitative estimate of drug-likeness (QED) is 0.565. The van der Waals surface area contributed by atoms with Gasteiger partial charge in [-0.25, -0.2) is 4.68 Å². The van der Waals surface area contributed by atoms with Crippen LogP contribution in [0.4, 0.5) is 0 Å². The van der Waals surface area contributed by atoms with Crippen molar-refractivity contribution in [3.05, 3.63) is 60.5 Å². The highest BCUT2D eigenvalue weighted by molar-refractivity contribution is 6.02. The summed E-state index contributed by atoms with van der Waals surface area (Å²) in [5.74, 6) is 0.141. The van der Waals surface area contributed by atoms with Gasteiger partial charge in [-0.2, -0.15) is 5.10 Å². The summed E-state index contributed by atoms with van der Waals surface area (Å²) in [7, 11) is 0. The van der Waals surface area contributed by atoms with Crippen molar-refractivity contribution in [3.63, 3.8) is 0 Å². The third kappa shape index (κ3) is 4.01. The third-order valence-corrected chi connectivity index (χ3v) is 4.51. The van der Waals surface area contributed by atoms with Gasteiger partial charge < -0.3 is 0 Å². The topological polar surface area (TPSA) is 52.0 Å². The highest BCUT2D eigenvalue weighted by atomic mass is 16.1. The molecule has 1 aromatic heterocycles. The molecule has 0 N–H and O–H groups in total. The van der Waals surface area contributed by atoms with Crippen molar-refractivity contribution < 1.29 is 9.59 Å². The van der Waals surface area contributed by atoms with Gasteiger partial charge in [-0.3, -0.25) is 9.59 Å². The van der Waals surface area contributed by atoms with Gasteiger partial charge in [0.2, 0.25) is 0 Å². The normalized spacial score (nSPS) is 17.7. The van der Waals surface area contributed by atoms with Crippen LogP contribution >= 0.6 is 0 Å². The molecule has 0 aromatic carbocycles. The predicted octanol–water partition coefficient (Wildman–Crippen LogP) is 4.79. The number of rotatable bonds is 5. The van der Waals surface area contributed by atoms with Crippen LogP contribution in [0, 0.1) is 10.8 Å². The van der Waals surface area contributed by atoms with Crippen molar-refractivity contribution in [2.45, 2.75) is 47.5 Å². The lowest BCUT2D eigenvalue weighted by atomic mass is 9.76. The fraction of sp³-hybridized carbons (Fsp3) is 0.409. The summed E-state index contributed by atoms with van der Waals surface area (Å²) >= 11 is 0. The zero-order valence-corrected chi connectivity index (χ0v) is 16.4. The Kier molecular flexibility index (Phi) is 5.36. The summed E-state index contributed by atoms with van der Waals surface area (Å²) in [5.41, 5.74) is 2.25. The standard InChI is InChI=1S/C22H28N2O2/c1-8-15(20(26)21(3,4)5)10-11-16(9-2)24-18-12-22(6,7)13-19(25)17(18)14-23-24/h8-11,14H,1-2,12-13H2,3-7H3/b15-10+,16-11+. The number of fused-ring (bicyclic) bond motifs is 1. The summed E-state index contributed by atoms with van der Waals surface area (Å²) in [6.07, 6.45) is 9.70. The van der Waals surface area contributed by atoms with Crippen LogP contribution in [0.15, 0.2) is 49.2 Å². The first-order valence-corrected chi connectivity index (χ1v) is 8.82. The lowest BCUT2D eigenvalue weighted by Gasteiger charge is -2.29. The van der Waals surface area contributed by atoms with Crippen LogP contribution in [0.2, 0.25) is 0 Å². The van der Waals surface area contributed by atoms with E-state index in [9.17, 15) is 9.59 Å². The largest absolute Gasteiger partial charge is 0.294 e. The van der Waals surface area contributed by atoms with Crippen LogP contribution in [-0.4, -0.2) is 21.3 Å². The molecular formula is C22H28N2O2. The Morgan fingerprint density at radius 3 is 2.38 bits per heavy atom. The third-order valence-electron chi connectivity index (χ3n) is 4.51. The molecule has 4 heteroatoms. The molecule has 1 heterocycles. The molecule has 0 unspecified atom stereocenters. The van der Waals surface area contributed by atoms with Crippen molar-refractivity contribution in [1.29, 1.82) is 0 Å². The van der Waals surface area contributed by atoms with Gasteiger partial charge in [-0.05, 0) is 30.1 Å². The van der Waals surface area contributed by atoms with E-state index in [2.05, 4.69) is 32.1 Å². The highest BCUT2D eigenvalue weighted by Gasteiger charge is 2.34. The lowest BCUT2D eigenvalue weighted by Crippen LogP contribution is -2.27. The fourth-order valence-electron chi connectivity index (χ4n) is 3.11. The van der Waals surface area contributed by atoms with Gasteiger partial charge >= 0.3 is 0 Å². The molecule has 4 nitrogen and oxygen atoms in total. The molecule has 2 rings (SSSR count). The number of allylic oxidation sites excluding steroid dienone is 6. The zero-order valence-electron chi connectivity index (χ0n) is 16.4. The fourth-order valence-corrected chi connectivity index (χ4v) is 3.11. The van der Waals surface area contributed by atoms with E-state index in [1.54, 1.807) is 35.2 Å². The number of ketones is 2. The van der Waals surface area contributed by atoms with E-state index in [0.29, 0.717) is 17.6 Å². The average Bonchev–Trinajstić information content (AvgIpc) is 2.93. The first-order chi connectivity index (χ1) is 12.0. The van der Waals surface area contributed by atoms with Gasteiger partial charge in [-0.15, -0.1) is 0 Å². The molecule has 0 radical (unpaired) electrons. The molecule has 0 aliphatic heterocycles. The summed E-state index contributed by atoms with van der Waals surface area (Å²) < 4.78 is 1.75. The summed E-state index contributed by atoms with van der Waals surface area (Å²) in [4.78, 5) is 24.9. The van der Waals surface area contributed by atoms with E-state index >= 15 is 0 Å². The van der Waals surface area contributed by atoms with Gasteiger partial charge in [0.25, 0.3) is 0 Å². The molecular weight excluding hydrogens is 324 g/mol. The number of nitrogens with zero attached hydrogens (tertiary/aromatic N) is 2. The van der Waals surface area contributed by atoms with Crippen LogP contribution in [0.1, 0.15) is 57.1 Å². The molecule has 138 valence electrons. The maximum Gasteiger partial charge on any atom is 0.168 e. The highest BCUT2D eigenvalue weighted by Crippen LogP contribution is 2.35. The zero-order chi connectivity index (χ0) is 19.7. The van der Waals surface area contributed by atoms with Crippen molar-refractivity contribution >= 4 is 17.3 Å². The molecule has 1 aliphatic carbocycles. The number of aromatic nitrogens is 2. The monoisotopic (exact) mass is 352 g/mol. The SMILES string of the molecule is C=C/C(=C\C=C(/C=C)n1ncc2c1CC(C)(C)CC2=O)C(=O)C(C)(C)C. The second-order valence-corrected chi connectivity index (χ2v) is 8.56. The molecule has 0 amide bonds. The number of hydrogen-bond acceptors (Lipinski definition) is 3. The smallest absolute Gasteiger partial charge is 0.168 e. The van der Waals surface area contributed by atoms with Crippen LogP contribution in [0.3, 0.4) is 0 Å². The first-order valence-electron chi connectivity index (χ1n) is 8.82. The minimum Gasteiger partial charge on any atom is -0.294 e. The average molecular weight is 352 g/mol.